The Labute approximate surface area is 88.8 Å². The van der Waals surface area contributed by atoms with E-state index in [9.17, 15) is 9.50 Å². The van der Waals surface area contributed by atoms with Gasteiger partial charge in [-0.2, -0.15) is 4.39 Å². The normalized spacial score (nSPS) is 15.5. The predicted molar refractivity (Wildman–Crippen MR) is 53.6 cm³/mol. The third kappa shape index (κ3) is 2.85. The molecule has 0 radical (unpaired) electrons. The molecule has 1 aromatic heterocycles. The topological polar surface area (TPSA) is 53.4 Å². The lowest BCUT2D eigenvalue weighted by atomic mass is 10.1. The molecular formula is C8H9FINO2. The van der Waals surface area contributed by atoms with Crippen LogP contribution in [0.15, 0.2) is 12.1 Å². The Kier molecular flexibility index (Phi) is 3.57. The highest BCUT2D eigenvalue weighted by Crippen LogP contribution is 2.17. The van der Waals surface area contributed by atoms with Crippen molar-refractivity contribution in [2.75, 3.05) is 0 Å². The summed E-state index contributed by atoms with van der Waals surface area (Å²) in [5.41, 5.74) is 0.152. The number of hydrogen-bond donors (Lipinski definition) is 2. The van der Waals surface area contributed by atoms with Crippen LogP contribution >= 0.6 is 22.6 Å². The zero-order valence-corrected chi connectivity index (χ0v) is 9.06. The van der Waals surface area contributed by atoms with Crippen LogP contribution in [0.4, 0.5) is 4.39 Å². The summed E-state index contributed by atoms with van der Waals surface area (Å²) in [6.07, 6.45) is -2.09. The smallest absolute Gasteiger partial charge is 0.214 e. The van der Waals surface area contributed by atoms with Gasteiger partial charge >= 0.3 is 0 Å². The number of halogens is 2. The summed E-state index contributed by atoms with van der Waals surface area (Å²) in [4.78, 5) is 3.47. The summed E-state index contributed by atoms with van der Waals surface area (Å²) >= 11 is 1.92. The molecule has 0 amide bonds. The van der Waals surface area contributed by atoms with Gasteiger partial charge in [0.25, 0.3) is 0 Å². The van der Waals surface area contributed by atoms with Crippen molar-refractivity contribution in [1.29, 1.82) is 0 Å². The molecule has 13 heavy (non-hydrogen) atoms. The third-order valence-electron chi connectivity index (χ3n) is 1.54. The van der Waals surface area contributed by atoms with Crippen molar-refractivity contribution in [2.45, 2.75) is 19.1 Å². The minimum absolute atomic E-state index is 0.152. The quantitative estimate of drug-likeness (QED) is 0.638. The van der Waals surface area contributed by atoms with Crippen LogP contribution in [0.2, 0.25) is 0 Å². The maximum absolute atomic E-state index is 12.7. The molecule has 0 spiro atoms. The molecule has 2 unspecified atom stereocenters. The number of hydrogen-bond acceptors (Lipinski definition) is 3. The third-order valence-corrected chi connectivity index (χ3v) is 2.16. The molecule has 1 aromatic rings. The maximum atomic E-state index is 12.7. The fraction of sp³-hybridized carbons (Fsp3) is 0.375. The van der Waals surface area contributed by atoms with Gasteiger partial charge in [0.05, 0.1) is 11.8 Å². The summed E-state index contributed by atoms with van der Waals surface area (Å²) in [6.45, 7) is 1.42. The molecule has 72 valence electrons. The van der Waals surface area contributed by atoms with E-state index in [4.69, 9.17) is 5.11 Å². The van der Waals surface area contributed by atoms with Crippen molar-refractivity contribution in [2.24, 2.45) is 0 Å². The first-order valence-electron chi connectivity index (χ1n) is 3.70. The Balaban J connectivity index is 3.01. The molecule has 5 heteroatoms. The molecular weight excluding hydrogens is 288 g/mol. The molecule has 0 aliphatic rings. The summed E-state index contributed by atoms with van der Waals surface area (Å²) in [5.74, 6) is -0.651. The second-order valence-corrected chi connectivity index (χ2v) is 3.96. The first-order chi connectivity index (χ1) is 6.00. The molecule has 0 bridgehead atoms. The summed E-state index contributed by atoms with van der Waals surface area (Å²) in [7, 11) is 0. The minimum Gasteiger partial charge on any atom is -0.390 e. The Morgan fingerprint density at radius 2 is 2.08 bits per heavy atom. The van der Waals surface area contributed by atoms with E-state index < -0.39 is 18.2 Å². The summed E-state index contributed by atoms with van der Waals surface area (Å²) < 4.78 is 13.4. The Morgan fingerprint density at radius 1 is 1.46 bits per heavy atom. The molecule has 0 aromatic carbocycles. The van der Waals surface area contributed by atoms with Crippen molar-refractivity contribution < 1.29 is 14.6 Å². The molecule has 0 saturated carbocycles. The van der Waals surface area contributed by atoms with E-state index in [1.165, 1.54) is 19.1 Å². The van der Waals surface area contributed by atoms with Gasteiger partial charge in [-0.3, -0.25) is 0 Å². The van der Waals surface area contributed by atoms with Crippen LogP contribution in [0.5, 0.6) is 0 Å². The predicted octanol–water partition coefficient (Wildman–Crippen LogP) is 1.24. The maximum Gasteiger partial charge on any atom is 0.214 e. The average Bonchev–Trinajstić information content (AvgIpc) is 2.01. The van der Waals surface area contributed by atoms with E-state index in [-0.39, 0.29) is 5.69 Å². The van der Waals surface area contributed by atoms with E-state index in [0.29, 0.717) is 3.57 Å². The van der Waals surface area contributed by atoms with E-state index in [0.717, 1.165) is 0 Å². The van der Waals surface area contributed by atoms with Gasteiger partial charge in [0, 0.05) is 9.64 Å². The van der Waals surface area contributed by atoms with Gasteiger partial charge in [-0.25, -0.2) is 4.98 Å². The van der Waals surface area contributed by atoms with Gasteiger partial charge in [0.2, 0.25) is 5.95 Å². The first kappa shape index (κ1) is 10.8. The number of rotatable bonds is 2. The zero-order chi connectivity index (χ0) is 10.0. The van der Waals surface area contributed by atoms with Crippen molar-refractivity contribution in [3.8, 4) is 0 Å². The highest BCUT2D eigenvalue weighted by atomic mass is 127. The summed E-state index contributed by atoms with van der Waals surface area (Å²) in [6, 6.07) is 2.78. The van der Waals surface area contributed by atoms with Gasteiger partial charge in [-0.15, -0.1) is 0 Å². The van der Waals surface area contributed by atoms with Crippen LogP contribution in [-0.4, -0.2) is 21.3 Å². The Morgan fingerprint density at radius 3 is 2.54 bits per heavy atom. The molecule has 0 aliphatic carbocycles. The fourth-order valence-electron chi connectivity index (χ4n) is 0.883. The fourth-order valence-corrected chi connectivity index (χ4v) is 1.46. The first-order valence-corrected chi connectivity index (χ1v) is 4.77. The second kappa shape index (κ2) is 4.30. The van der Waals surface area contributed by atoms with E-state index in [1.54, 1.807) is 0 Å². The van der Waals surface area contributed by atoms with Gasteiger partial charge in [-0.1, -0.05) is 0 Å². The lowest BCUT2D eigenvalue weighted by Gasteiger charge is -2.12. The summed E-state index contributed by atoms with van der Waals surface area (Å²) in [5, 5.41) is 18.4. The monoisotopic (exact) mass is 297 g/mol. The van der Waals surface area contributed by atoms with Crippen molar-refractivity contribution >= 4 is 22.6 Å². The zero-order valence-electron chi connectivity index (χ0n) is 6.91. The SMILES string of the molecule is CC(O)C(O)c1cc(I)cc(F)n1. The van der Waals surface area contributed by atoms with Gasteiger partial charge < -0.3 is 10.2 Å². The van der Waals surface area contributed by atoms with Crippen LogP contribution in [0.1, 0.15) is 18.7 Å². The molecule has 3 nitrogen and oxygen atoms in total. The van der Waals surface area contributed by atoms with Crippen molar-refractivity contribution in [3.63, 3.8) is 0 Å². The number of aliphatic hydroxyl groups excluding tert-OH is 2. The van der Waals surface area contributed by atoms with Crippen LogP contribution in [0, 0.1) is 9.52 Å². The second-order valence-electron chi connectivity index (χ2n) is 2.72. The van der Waals surface area contributed by atoms with Crippen LogP contribution < -0.4 is 0 Å². The minimum atomic E-state index is -1.13. The lowest BCUT2D eigenvalue weighted by molar-refractivity contribution is 0.0273. The molecule has 0 aliphatic heterocycles. The van der Waals surface area contributed by atoms with Crippen LogP contribution in [0.3, 0.4) is 0 Å². The number of aliphatic hydroxyl groups is 2. The van der Waals surface area contributed by atoms with Gasteiger partial charge in [0.15, 0.2) is 0 Å². The number of nitrogens with zero attached hydrogens (tertiary/aromatic N) is 1. The van der Waals surface area contributed by atoms with Crippen LogP contribution in [0.25, 0.3) is 0 Å². The Bertz CT molecular complexity index is 286. The van der Waals surface area contributed by atoms with Crippen molar-refractivity contribution in [1.82, 2.24) is 4.98 Å². The lowest BCUT2D eigenvalue weighted by Crippen LogP contribution is -2.15. The van der Waals surface area contributed by atoms with E-state index in [2.05, 4.69) is 4.98 Å². The highest BCUT2D eigenvalue weighted by Gasteiger charge is 2.16. The Hall–Kier alpha value is -0.270. The number of pyridine rings is 1. The number of aromatic nitrogens is 1. The van der Waals surface area contributed by atoms with E-state index in [1.807, 2.05) is 22.6 Å². The molecule has 1 heterocycles. The van der Waals surface area contributed by atoms with Crippen LogP contribution in [-0.2, 0) is 0 Å². The molecule has 0 saturated heterocycles. The molecule has 2 atom stereocenters. The largest absolute Gasteiger partial charge is 0.390 e. The standard InChI is InChI=1S/C8H9FINO2/c1-4(12)8(13)6-2-5(10)3-7(9)11-6/h2-4,8,12-13H,1H3. The molecule has 2 N–H and O–H groups in total. The molecule has 0 fully saturated rings. The van der Waals surface area contributed by atoms with Gasteiger partial charge in [0.1, 0.15) is 6.10 Å². The average molecular weight is 297 g/mol. The molecule has 1 rings (SSSR count). The van der Waals surface area contributed by atoms with Gasteiger partial charge in [-0.05, 0) is 35.6 Å². The van der Waals surface area contributed by atoms with E-state index >= 15 is 0 Å². The van der Waals surface area contributed by atoms with Crippen molar-refractivity contribution in [3.05, 3.63) is 27.3 Å². The highest BCUT2D eigenvalue weighted by molar-refractivity contribution is 14.1.